The summed E-state index contributed by atoms with van der Waals surface area (Å²) in [6.45, 7) is 1.73. The van der Waals surface area contributed by atoms with Crippen LogP contribution in [0.2, 0.25) is 0 Å². The van der Waals surface area contributed by atoms with Gasteiger partial charge in [0, 0.05) is 6.92 Å². The molecule has 0 N–H and O–H groups in total. The first-order valence-corrected chi connectivity index (χ1v) is 8.09. The second kappa shape index (κ2) is 6.91. The van der Waals surface area contributed by atoms with E-state index in [1.807, 2.05) is 30.3 Å². The fraction of sp³-hybridized carbons (Fsp3) is 0.176. The van der Waals surface area contributed by atoms with E-state index in [4.69, 9.17) is 4.42 Å². The fourth-order valence-corrected chi connectivity index (χ4v) is 3.35. The van der Waals surface area contributed by atoms with Crippen molar-refractivity contribution in [1.29, 1.82) is 0 Å². The van der Waals surface area contributed by atoms with Crippen molar-refractivity contribution in [1.82, 2.24) is 10.2 Å². The molecule has 23 heavy (non-hydrogen) atoms. The van der Waals surface area contributed by atoms with E-state index in [1.54, 1.807) is 13.0 Å². The van der Waals surface area contributed by atoms with Crippen LogP contribution in [0.3, 0.4) is 0 Å². The van der Waals surface area contributed by atoms with Crippen LogP contribution in [0.15, 0.2) is 52.9 Å². The molecule has 0 aliphatic carbocycles. The first-order chi connectivity index (χ1) is 11.1. The Bertz CT molecular complexity index is 792. The number of aryl methyl sites for hydroxylation is 1. The van der Waals surface area contributed by atoms with E-state index in [1.165, 1.54) is 17.8 Å². The number of halogens is 2. The van der Waals surface area contributed by atoms with Gasteiger partial charge in [-0.25, -0.2) is 8.78 Å². The minimum Gasteiger partial charge on any atom is -0.425 e. The third-order valence-corrected chi connectivity index (χ3v) is 4.58. The van der Waals surface area contributed by atoms with Crippen molar-refractivity contribution in [2.75, 3.05) is 0 Å². The lowest BCUT2D eigenvalue weighted by Gasteiger charge is -2.17. The summed E-state index contributed by atoms with van der Waals surface area (Å²) in [6.07, 6.45) is 0. The predicted octanol–water partition coefficient (Wildman–Crippen LogP) is 4.68. The molecule has 3 nitrogen and oxygen atoms in total. The highest BCUT2D eigenvalue weighted by Gasteiger charge is 2.18. The maximum atomic E-state index is 13.6. The van der Waals surface area contributed by atoms with E-state index in [0.717, 1.165) is 11.6 Å². The quantitative estimate of drug-likeness (QED) is 0.680. The molecule has 0 aliphatic rings. The largest absolute Gasteiger partial charge is 0.425 e. The molecule has 0 saturated carbocycles. The maximum absolute atomic E-state index is 13.6. The number of thioether (sulfide) groups is 1. The second-order valence-corrected chi connectivity index (χ2v) is 6.08. The molecule has 0 aliphatic heterocycles. The molecular weight excluding hydrogens is 318 g/mol. The highest BCUT2D eigenvalue weighted by atomic mass is 32.2. The fourth-order valence-electron chi connectivity index (χ4n) is 2.24. The molecule has 0 bridgehead atoms. The lowest BCUT2D eigenvalue weighted by Crippen LogP contribution is -1.99. The highest BCUT2D eigenvalue weighted by molar-refractivity contribution is 7.98. The monoisotopic (exact) mass is 332 g/mol. The average molecular weight is 332 g/mol. The zero-order valence-corrected chi connectivity index (χ0v) is 13.2. The van der Waals surface area contributed by atoms with Gasteiger partial charge in [-0.15, -0.1) is 22.0 Å². The molecule has 0 saturated heterocycles. The Labute approximate surface area is 136 Å². The summed E-state index contributed by atoms with van der Waals surface area (Å²) >= 11 is 1.52. The van der Waals surface area contributed by atoms with Crippen LogP contribution in [-0.4, -0.2) is 10.2 Å². The first-order valence-electron chi connectivity index (χ1n) is 7.04. The molecule has 0 spiro atoms. The van der Waals surface area contributed by atoms with Crippen molar-refractivity contribution in [3.05, 3.63) is 83.1 Å². The van der Waals surface area contributed by atoms with Crippen molar-refractivity contribution in [3.63, 3.8) is 0 Å². The first kappa shape index (κ1) is 15.7. The molecule has 3 aromatic rings. The van der Waals surface area contributed by atoms with Gasteiger partial charge in [0.25, 0.3) is 0 Å². The molecule has 2 aromatic carbocycles. The molecule has 1 unspecified atom stereocenters. The van der Waals surface area contributed by atoms with E-state index in [-0.39, 0.29) is 5.25 Å². The van der Waals surface area contributed by atoms with Crippen molar-refractivity contribution in [3.8, 4) is 0 Å². The van der Waals surface area contributed by atoms with Gasteiger partial charge in [0.15, 0.2) is 11.6 Å². The van der Waals surface area contributed by atoms with Crippen LogP contribution < -0.4 is 0 Å². The van der Waals surface area contributed by atoms with E-state index in [9.17, 15) is 8.78 Å². The molecule has 0 radical (unpaired) electrons. The summed E-state index contributed by atoms with van der Waals surface area (Å²) in [5, 5.41) is 7.61. The Morgan fingerprint density at radius 3 is 2.43 bits per heavy atom. The van der Waals surface area contributed by atoms with Crippen molar-refractivity contribution in [2.45, 2.75) is 17.9 Å². The zero-order chi connectivity index (χ0) is 16.2. The van der Waals surface area contributed by atoms with Gasteiger partial charge in [-0.05, 0) is 23.3 Å². The Kier molecular flexibility index (Phi) is 4.71. The van der Waals surface area contributed by atoms with Crippen LogP contribution in [0.25, 0.3) is 0 Å². The summed E-state index contributed by atoms with van der Waals surface area (Å²) in [7, 11) is 0. The van der Waals surface area contributed by atoms with Gasteiger partial charge < -0.3 is 4.42 Å². The summed E-state index contributed by atoms with van der Waals surface area (Å²) in [4.78, 5) is 0. The van der Waals surface area contributed by atoms with Gasteiger partial charge in [0.1, 0.15) is 0 Å². The minimum absolute atomic E-state index is 0.154. The Hall–Kier alpha value is -2.21. The summed E-state index contributed by atoms with van der Waals surface area (Å²) < 4.78 is 32.2. The topological polar surface area (TPSA) is 38.9 Å². The molecule has 1 heterocycles. The molecule has 0 fully saturated rings. The number of hydrogen-bond acceptors (Lipinski definition) is 4. The number of nitrogens with zero attached hydrogens (tertiary/aromatic N) is 2. The van der Waals surface area contributed by atoms with Crippen LogP contribution in [0, 0.1) is 18.6 Å². The molecular formula is C17H14F2N2OS. The van der Waals surface area contributed by atoms with Crippen LogP contribution in [0.4, 0.5) is 8.78 Å². The van der Waals surface area contributed by atoms with Gasteiger partial charge in [-0.2, -0.15) is 0 Å². The average Bonchev–Trinajstić information content (AvgIpc) is 2.97. The molecule has 3 rings (SSSR count). The highest BCUT2D eigenvalue weighted by Crippen LogP contribution is 2.37. The molecule has 1 aromatic heterocycles. The van der Waals surface area contributed by atoms with Gasteiger partial charge in [0.05, 0.1) is 11.0 Å². The lowest BCUT2D eigenvalue weighted by atomic mass is 10.0. The Morgan fingerprint density at radius 2 is 1.78 bits per heavy atom. The normalized spacial score (nSPS) is 12.3. The zero-order valence-electron chi connectivity index (χ0n) is 12.4. The summed E-state index contributed by atoms with van der Waals surface area (Å²) in [5.41, 5.74) is 1.69. The van der Waals surface area contributed by atoms with Crippen molar-refractivity contribution >= 4 is 11.8 Å². The SMILES string of the molecule is Cc1nnc(CSC(c2ccccc2)c2ccc(F)c(F)c2)o1. The Balaban J connectivity index is 1.88. The molecule has 6 heteroatoms. The van der Waals surface area contributed by atoms with Gasteiger partial charge in [0.2, 0.25) is 11.8 Å². The van der Waals surface area contributed by atoms with Gasteiger partial charge in [-0.3, -0.25) is 0 Å². The van der Waals surface area contributed by atoms with Crippen molar-refractivity contribution < 1.29 is 13.2 Å². The number of hydrogen-bond donors (Lipinski definition) is 0. The standard InChI is InChI=1S/C17H14F2N2OS/c1-11-20-21-16(22-11)10-23-17(12-5-3-2-4-6-12)13-7-8-14(18)15(19)9-13/h2-9,17H,10H2,1H3. The third kappa shape index (κ3) is 3.76. The van der Waals surface area contributed by atoms with Crippen LogP contribution >= 0.6 is 11.8 Å². The smallest absolute Gasteiger partial charge is 0.226 e. The number of aromatic nitrogens is 2. The van der Waals surface area contributed by atoms with E-state index < -0.39 is 11.6 Å². The third-order valence-electron chi connectivity index (χ3n) is 3.29. The van der Waals surface area contributed by atoms with Gasteiger partial charge in [-0.1, -0.05) is 36.4 Å². The van der Waals surface area contributed by atoms with E-state index in [0.29, 0.717) is 23.1 Å². The van der Waals surface area contributed by atoms with Crippen LogP contribution in [0.1, 0.15) is 28.2 Å². The minimum atomic E-state index is -0.849. The van der Waals surface area contributed by atoms with Gasteiger partial charge >= 0.3 is 0 Å². The van der Waals surface area contributed by atoms with Crippen LogP contribution in [0.5, 0.6) is 0 Å². The Morgan fingerprint density at radius 1 is 1.00 bits per heavy atom. The van der Waals surface area contributed by atoms with E-state index >= 15 is 0 Å². The lowest BCUT2D eigenvalue weighted by molar-refractivity contribution is 0.485. The predicted molar refractivity (Wildman–Crippen MR) is 85.0 cm³/mol. The number of benzene rings is 2. The summed E-state index contributed by atoms with van der Waals surface area (Å²) in [6, 6.07) is 13.6. The number of rotatable bonds is 5. The summed E-state index contributed by atoms with van der Waals surface area (Å²) in [5.74, 6) is -0.198. The van der Waals surface area contributed by atoms with E-state index in [2.05, 4.69) is 10.2 Å². The second-order valence-electron chi connectivity index (χ2n) is 4.99. The van der Waals surface area contributed by atoms with Crippen LogP contribution in [-0.2, 0) is 5.75 Å². The molecule has 118 valence electrons. The van der Waals surface area contributed by atoms with Crippen molar-refractivity contribution in [2.24, 2.45) is 0 Å². The maximum Gasteiger partial charge on any atom is 0.226 e. The molecule has 0 amide bonds. The molecule has 1 atom stereocenters.